The van der Waals surface area contributed by atoms with Crippen LogP contribution in [0.1, 0.15) is 27.9 Å². The van der Waals surface area contributed by atoms with Gasteiger partial charge in [-0.15, -0.1) is 11.3 Å². The minimum Gasteiger partial charge on any atom is -0.375 e. The lowest BCUT2D eigenvalue weighted by atomic mass is 9.95. The van der Waals surface area contributed by atoms with Crippen molar-refractivity contribution in [1.29, 1.82) is 0 Å². The summed E-state index contributed by atoms with van der Waals surface area (Å²) in [6, 6.07) is 4.24. The summed E-state index contributed by atoms with van der Waals surface area (Å²) in [5.41, 5.74) is 11.1. The monoisotopic (exact) mass is 274 g/mol. The van der Waals surface area contributed by atoms with Crippen LogP contribution in [0.2, 0.25) is 0 Å². The molecule has 0 aliphatic heterocycles. The molecule has 0 saturated heterocycles. The minimum atomic E-state index is 0.181. The van der Waals surface area contributed by atoms with Crippen molar-refractivity contribution in [3.8, 4) is 0 Å². The van der Waals surface area contributed by atoms with Gasteiger partial charge in [0.1, 0.15) is 5.78 Å². The summed E-state index contributed by atoms with van der Waals surface area (Å²) in [5.74, 6) is 0.181. The largest absolute Gasteiger partial charge is 0.375 e. The van der Waals surface area contributed by atoms with E-state index in [0.717, 1.165) is 11.3 Å². The lowest BCUT2D eigenvalue weighted by Crippen LogP contribution is -2.09. The van der Waals surface area contributed by atoms with Gasteiger partial charge in [0.2, 0.25) is 0 Å². The summed E-state index contributed by atoms with van der Waals surface area (Å²) < 4.78 is 0. The number of Topliss-reactive ketones (excluding diaryl/α,β-unsaturated/α-hetero) is 1. The van der Waals surface area contributed by atoms with Crippen molar-refractivity contribution in [2.45, 2.75) is 33.6 Å². The zero-order valence-electron chi connectivity index (χ0n) is 11.5. The standard InChI is InChI=1S/C15H18N2OS/c1-9-4-10(2)14(11(3)5-9)7-13(18)6-12-8-19-15(16)17-12/h4-5,8H,6-7H2,1-3H3,(H2,16,17). The molecule has 1 aromatic heterocycles. The minimum absolute atomic E-state index is 0.181. The molecular formula is C15H18N2OS. The lowest BCUT2D eigenvalue weighted by molar-refractivity contribution is -0.117. The van der Waals surface area contributed by atoms with Crippen LogP contribution in [-0.2, 0) is 17.6 Å². The Labute approximate surface area is 117 Å². The van der Waals surface area contributed by atoms with Crippen molar-refractivity contribution in [3.63, 3.8) is 0 Å². The second-order valence-corrected chi connectivity index (χ2v) is 5.84. The van der Waals surface area contributed by atoms with E-state index in [1.54, 1.807) is 0 Å². The Morgan fingerprint density at radius 2 is 1.84 bits per heavy atom. The van der Waals surface area contributed by atoms with Crippen LogP contribution in [0.3, 0.4) is 0 Å². The second-order valence-electron chi connectivity index (χ2n) is 4.95. The highest BCUT2D eigenvalue weighted by Crippen LogP contribution is 2.18. The molecule has 0 amide bonds. The fraction of sp³-hybridized carbons (Fsp3) is 0.333. The Morgan fingerprint density at radius 3 is 2.37 bits per heavy atom. The van der Waals surface area contributed by atoms with Gasteiger partial charge in [-0.3, -0.25) is 4.79 Å². The van der Waals surface area contributed by atoms with E-state index in [4.69, 9.17) is 5.73 Å². The number of hydrogen-bond acceptors (Lipinski definition) is 4. The number of hydrogen-bond donors (Lipinski definition) is 1. The van der Waals surface area contributed by atoms with Crippen LogP contribution in [0.5, 0.6) is 0 Å². The van der Waals surface area contributed by atoms with E-state index in [9.17, 15) is 4.79 Å². The zero-order valence-corrected chi connectivity index (χ0v) is 12.3. The first kappa shape index (κ1) is 13.7. The summed E-state index contributed by atoms with van der Waals surface area (Å²) >= 11 is 1.38. The van der Waals surface area contributed by atoms with E-state index in [0.29, 0.717) is 18.0 Å². The van der Waals surface area contributed by atoms with E-state index in [1.165, 1.54) is 28.0 Å². The number of aryl methyl sites for hydroxylation is 3. The van der Waals surface area contributed by atoms with E-state index in [1.807, 2.05) is 5.38 Å². The van der Waals surface area contributed by atoms with E-state index >= 15 is 0 Å². The van der Waals surface area contributed by atoms with Crippen LogP contribution in [-0.4, -0.2) is 10.8 Å². The average molecular weight is 274 g/mol. The van der Waals surface area contributed by atoms with Crippen molar-refractivity contribution >= 4 is 22.3 Å². The van der Waals surface area contributed by atoms with Gasteiger partial charge >= 0.3 is 0 Å². The normalized spacial score (nSPS) is 10.7. The number of carbonyl (C=O) groups is 1. The molecule has 19 heavy (non-hydrogen) atoms. The number of nitrogens with zero attached hydrogens (tertiary/aromatic N) is 1. The molecule has 0 saturated carbocycles. The van der Waals surface area contributed by atoms with Gasteiger partial charge in [-0.05, 0) is 37.5 Å². The number of nitrogen functional groups attached to an aromatic ring is 1. The molecule has 2 aromatic rings. The van der Waals surface area contributed by atoms with Crippen molar-refractivity contribution in [2.24, 2.45) is 0 Å². The number of carbonyl (C=O) groups excluding carboxylic acids is 1. The first-order valence-electron chi connectivity index (χ1n) is 6.24. The summed E-state index contributed by atoms with van der Waals surface area (Å²) in [6.45, 7) is 6.19. The van der Waals surface area contributed by atoms with Gasteiger partial charge in [-0.25, -0.2) is 4.98 Å². The van der Waals surface area contributed by atoms with E-state index in [2.05, 4.69) is 37.9 Å². The third-order valence-electron chi connectivity index (χ3n) is 3.16. The molecule has 2 rings (SSSR count). The van der Waals surface area contributed by atoms with Crippen LogP contribution < -0.4 is 5.73 Å². The molecule has 0 atom stereocenters. The lowest BCUT2D eigenvalue weighted by Gasteiger charge is -2.10. The summed E-state index contributed by atoms with van der Waals surface area (Å²) in [6.07, 6.45) is 0.829. The third kappa shape index (κ3) is 3.41. The zero-order chi connectivity index (χ0) is 14.0. The molecule has 0 spiro atoms. The number of aromatic nitrogens is 1. The summed E-state index contributed by atoms with van der Waals surface area (Å²) in [4.78, 5) is 16.2. The van der Waals surface area contributed by atoms with E-state index < -0.39 is 0 Å². The van der Waals surface area contributed by atoms with Crippen molar-refractivity contribution < 1.29 is 4.79 Å². The van der Waals surface area contributed by atoms with Gasteiger partial charge in [-0.2, -0.15) is 0 Å². The Kier molecular flexibility index (Phi) is 4.00. The van der Waals surface area contributed by atoms with Gasteiger partial charge in [0.15, 0.2) is 5.13 Å². The van der Waals surface area contributed by atoms with Crippen LogP contribution in [0, 0.1) is 20.8 Å². The predicted molar refractivity (Wildman–Crippen MR) is 79.6 cm³/mol. The van der Waals surface area contributed by atoms with Gasteiger partial charge in [-0.1, -0.05) is 17.7 Å². The van der Waals surface area contributed by atoms with Crippen LogP contribution in [0.4, 0.5) is 5.13 Å². The Bertz CT molecular complexity index is 593. The fourth-order valence-electron chi connectivity index (χ4n) is 2.35. The number of thiazole rings is 1. The maximum Gasteiger partial charge on any atom is 0.180 e. The van der Waals surface area contributed by atoms with Gasteiger partial charge < -0.3 is 5.73 Å². The number of anilines is 1. The molecule has 100 valence electrons. The Hall–Kier alpha value is -1.68. The molecule has 2 N–H and O–H groups in total. The highest BCUT2D eigenvalue weighted by Gasteiger charge is 2.11. The van der Waals surface area contributed by atoms with E-state index in [-0.39, 0.29) is 5.78 Å². The van der Waals surface area contributed by atoms with Crippen molar-refractivity contribution in [1.82, 2.24) is 4.98 Å². The van der Waals surface area contributed by atoms with Crippen LogP contribution >= 0.6 is 11.3 Å². The topological polar surface area (TPSA) is 56.0 Å². The Balaban J connectivity index is 2.11. The third-order valence-corrected chi connectivity index (χ3v) is 3.88. The molecule has 0 unspecified atom stereocenters. The maximum atomic E-state index is 12.1. The number of nitrogens with two attached hydrogens (primary N) is 1. The molecule has 4 heteroatoms. The number of benzene rings is 1. The molecule has 0 fully saturated rings. The first-order chi connectivity index (χ1) is 8.95. The van der Waals surface area contributed by atoms with Crippen LogP contribution in [0.25, 0.3) is 0 Å². The van der Waals surface area contributed by atoms with Gasteiger partial charge in [0.05, 0.1) is 5.69 Å². The smallest absolute Gasteiger partial charge is 0.180 e. The SMILES string of the molecule is Cc1cc(C)c(CC(=O)Cc2csc(N)n2)c(C)c1. The average Bonchev–Trinajstić information content (AvgIpc) is 2.69. The molecule has 0 bridgehead atoms. The molecule has 1 heterocycles. The van der Waals surface area contributed by atoms with Crippen molar-refractivity contribution in [3.05, 3.63) is 45.5 Å². The van der Waals surface area contributed by atoms with Gasteiger partial charge in [0, 0.05) is 18.2 Å². The van der Waals surface area contributed by atoms with Gasteiger partial charge in [0.25, 0.3) is 0 Å². The maximum absolute atomic E-state index is 12.1. The highest BCUT2D eigenvalue weighted by atomic mass is 32.1. The number of rotatable bonds is 4. The Morgan fingerprint density at radius 1 is 1.21 bits per heavy atom. The fourth-order valence-corrected chi connectivity index (χ4v) is 2.92. The molecule has 0 aliphatic carbocycles. The number of ketones is 1. The second kappa shape index (κ2) is 5.53. The summed E-state index contributed by atoms with van der Waals surface area (Å²) in [5, 5.41) is 2.37. The molecule has 1 aromatic carbocycles. The molecule has 0 radical (unpaired) electrons. The highest BCUT2D eigenvalue weighted by molar-refractivity contribution is 7.13. The molecule has 3 nitrogen and oxygen atoms in total. The quantitative estimate of drug-likeness (QED) is 0.932. The van der Waals surface area contributed by atoms with Crippen molar-refractivity contribution in [2.75, 3.05) is 5.73 Å². The molecular weight excluding hydrogens is 256 g/mol. The molecule has 0 aliphatic rings. The first-order valence-corrected chi connectivity index (χ1v) is 7.12. The predicted octanol–water partition coefficient (Wildman–Crippen LogP) is 3.00. The summed E-state index contributed by atoms with van der Waals surface area (Å²) in [7, 11) is 0. The van der Waals surface area contributed by atoms with Crippen LogP contribution in [0.15, 0.2) is 17.5 Å².